The monoisotopic (exact) mass is 347 g/mol. The van der Waals surface area contributed by atoms with Crippen LogP contribution in [0.25, 0.3) is 5.69 Å². The van der Waals surface area contributed by atoms with Crippen molar-refractivity contribution in [3.8, 4) is 5.69 Å². The zero-order valence-corrected chi connectivity index (χ0v) is 14.9. The molecular formula is C17H21N3OS2. The van der Waals surface area contributed by atoms with Crippen LogP contribution < -0.4 is 5.73 Å². The molecule has 4 nitrogen and oxygen atoms in total. The highest BCUT2D eigenvalue weighted by Crippen LogP contribution is 2.28. The fourth-order valence-corrected chi connectivity index (χ4v) is 4.24. The summed E-state index contributed by atoms with van der Waals surface area (Å²) < 4.78 is 2.42. The maximum atomic E-state index is 12.7. The van der Waals surface area contributed by atoms with Crippen LogP contribution in [0.3, 0.4) is 0 Å². The number of nitrogens with two attached hydrogens (primary N) is 1. The molecule has 2 heterocycles. The van der Waals surface area contributed by atoms with Gasteiger partial charge < -0.3 is 10.6 Å². The first kappa shape index (κ1) is 16.2. The van der Waals surface area contributed by atoms with Gasteiger partial charge in [-0.1, -0.05) is 30.4 Å². The van der Waals surface area contributed by atoms with E-state index < -0.39 is 0 Å². The van der Waals surface area contributed by atoms with Crippen molar-refractivity contribution in [2.24, 2.45) is 0 Å². The van der Waals surface area contributed by atoms with Gasteiger partial charge in [0.2, 0.25) is 0 Å². The number of nitrogen functional groups attached to an aromatic ring is 1. The van der Waals surface area contributed by atoms with Crippen LogP contribution in [0.2, 0.25) is 0 Å². The molecule has 1 aromatic heterocycles. The minimum atomic E-state index is 0.0160. The van der Waals surface area contributed by atoms with Crippen molar-refractivity contribution in [2.75, 3.05) is 18.8 Å². The second kappa shape index (κ2) is 6.84. The summed E-state index contributed by atoms with van der Waals surface area (Å²) in [5, 5.41) is 0. The van der Waals surface area contributed by atoms with Gasteiger partial charge in [-0.2, -0.15) is 0 Å². The molecule has 0 aliphatic carbocycles. The quantitative estimate of drug-likeness (QED) is 0.853. The van der Waals surface area contributed by atoms with E-state index in [0.29, 0.717) is 14.6 Å². The Morgan fingerprint density at radius 1 is 1.22 bits per heavy atom. The number of hydrogen-bond acceptors (Lipinski definition) is 4. The van der Waals surface area contributed by atoms with Gasteiger partial charge in [0, 0.05) is 18.8 Å². The average Bonchev–Trinajstić information content (AvgIpc) is 2.89. The van der Waals surface area contributed by atoms with E-state index in [4.69, 9.17) is 18.0 Å². The Morgan fingerprint density at radius 3 is 2.48 bits per heavy atom. The zero-order valence-electron chi connectivity index (χ0n) is 13.2. The normalized spacial score (nSPS) is 14.9. The maximum Gasteiger partial charge on any atom is 0.267 e. The number of aromatic nitrogens is 1. The van der Waals surface area contributed by atoms with Crippen LogP contribution >= 0.6 is 23.6 Å². The van der Waals surface area contributed by atoms with Crippen molar-refractivity contribution in [3.05, 3.63) is 38.7 Å². The number of anilines is 1. The molecule has 0 unspecified atom stereocenters. The Morgan fingerprint density at radius 2 is 1.87 bits per heavy atom. The highest BCUT2D eigenvalue weighted by molar-refractivity contribution is 7.73. The van der Waals surface area contributed by atoms with Gasteiger partial charge in [-0.05, 0) is 55.6 Å². The molecule has 1 fully saturated rings. The largest absolute Gasteiger partial charge is 0.383 e. The maximum absolute atomic E-state index is 12.7. The Labute approximate surface area is 145 Å². The number of aryl methyl sites for hydroxylation is 1. The van der Waals surface area contributed by atoms with Gasteiger partial charge in [-0.25, -0.2) is 0 Å². The highest BCUT2D eigenvalue weighted by Gasteiger charge is 2.24. The van der Waals surface area contributed by atoms with Crippen LogP contribution in [-0.2, 0) is 6.42 Å². The summed E-state index contributed by atoms with van der Waals surface area (Å²) in [6.45, 7) is 3.75. The number of hydrogen-bond donors (Lipinski definition) is 1. The molecule has 3 rings (SSSR count). The Hall–Kier alpha value is -1.66. The Balaban J connectivity index is 1.95. The van der Waals surface area contributed by atoms with E-state index in [0.717, 1.165) is 38.0 Å². The molecule has 2 N–H and O–H groups in total. The van der Waals surface area contributed by atoms with Crippen molar-refractivity contribution in [3.63, 3.8) is 0 Å². The number of nitrogens with zero attached hydrogens (tertiary/aromatic N) is 2. The first-order chi connectivity index (χ1) is 11.1. The van der Waals surface area contributed by atoms with E-state index in [1.807, 2.05) is 17.0 Å². The van der Waals surface area contributed by atoms with Gasteiger partial charge in [-0.3, -0.25) is 9.36 Å². The molecular weight excluding hydrogens is 326 g/mol. The standard InChI is InChI=1S/C17H21N3OS2/c1-2-12-6-8-13(9-7-12)20-15(18)14(23-17(20)22)16(21)19-10-4-3-5-11-19/h6-9H,2-5,10-11,18H2,1H3. The van der Waals surface area contributed by atoms with Gasteiger partial charge in [0.1, 0.15) is 10.7 Å². The van der Waals surface area contributed by atoms with E-state index in [1.54, 1.807) is 4.57 Å². The SMILES string of the molecule is CCc1ccc(-n2c(N)c(C(=O)N3CCCCC3)sc2=S)cc1. The second-order valence-corrected chi connectivity index (χ2v) is 7.43. The number of rotatable bonds is 3. The fourth-order valence-electron chi connectivity index (χ4n) is 2.90. The molecule has 0 bridgehead atoms. The van der Waals surface area contributed by atoms with Gasteiger partial charge in [0.05, 0.1) is 0 Å². The average molecular weight is 348 g/mol. The summed E-state index contributed by atoms with van der Waals surface area (Å²) >= 11 is 6.76. The number of piperidine rings is 1. The topological polar surface area (TPSA) is 51.3 Å². The lowest BCUT2D eigenvalue weighted by molar-refractivity contribution is 0.0730. The van der Waals surface area contributed by atoms with Crippen LogP contribution in [0.5, 0.6) is 0 Å². The first-order valence-corrected chi connectivity index (χ1v) is 9.24. The van der Waals surface area contributed by atoms with Gasteiger partial charge in [-0.15, -0.1) is 0 Å². The van der Waals surface area contributed by atoms with E-state index in [1.165, 1.54) is 23.3 Å². The molecule has 0 spiro atoms. The van der Waals surface area contributed by atoms with E-state index in [-0.39, 0.29) is 5.91 Å². The second-order valence-electron chi connectivity index (χ2n) is 5.79. The molecule has 1 saturated heterocycles. The molecule has 1 amide bonds. The molecule has 2 aromatic rings. The van der Waals surface area contributed by atoms with E-state index >= 15 is 0 Å². The molecule has 1 aliphatic rings. The van der Waals surface area contributed by atoms with E-state index in [2.05, 4.69) is 19.1 Å². The Bertz CT molecular complexity index is 755. The highest BCUT2D eigenvalue weighted by atomic mass is 32.1. The first-order valence-electron chi connectivity index (χ1n) is 8.01. The molecule has 0 radical (unpaired) electrons. The van der Waals surface area contributed by atoms with Gasteiger partial charge in [0.25, 0.3) is 5.91 Å². The van der Waals surface area contributed by atoms with Crippen molar-refractivity contribution in [1.82, 2.24) is 9.47 Å². The summed E-state index contributed by atoms with van der Waals surface area (Å²) in [4.78, 5) is 15.2. The predicted octanol–water partition coefficient (Wildman–Crippen LogP) is 4.04. The van der Waals surface area contributed by atoms with Crippen LogP contribution in [0.4, 0.5) is 5.82 Å². The molecule has 122 valence electrons. The lowest BCUT2D eigenvalue weighted by atomic mass is 10.1. The van der Waals surface area contributed by atoms with Crippen molar-refractivity contribution >= 4 is 35.3 Å². The van der Waals surface area contributed by atoms with Gasteiger partial charge in [0.15, 0.2) is 3.95 Å². The third kappa shape index (κ3) is 3.19. The summed E-state index contributed by atoms with van der Waals surface area (Å²) in [5.74, 6) is 0.474. The number of carbonyl (C=O) groups is 1. The Kier molecular flexibility index (Phi) is 4.82. The number of likely N-dealkylation sites (tertiary alicyclic amines) is 1. The summed E-state index contributed by atoms with van der Waals surface area (Å²) in [6.07, 6.45) is 4.32. The zero-order chi connectivity index (χ0) is 16.4. The van der Waals surface area contributed by atoms with Crippen molar-refractivity contribution < 1.29 is 4.79 Å². The molecule has 6 heteroatoms. The number of thiazole rings is 1. The third-order valence-corrected chi connectivity index (χ3v) is 5.66. The number of carbonyl (C=O) groups excluding carboxylic acids is 1. The van der Waals surface area contributed by atoms with Crippen molar-refractivity contribution in [2.45, 2.75) is 32.6 Å². The molecule has 1 aliphatic heterocycles. The number of amides is 1. The fraction of sp³-hybridized carbons (Fsp3) is 0.412. The smallest absolute Gasteiger partial charge is 0.267 e. The summed E-state index contributed by atoms with van der Waals surface area (Å²) in [6, 6.07) is 8.15. The predicted molar refractivity (Wildman–Crippen MR) is 98.0 cm³/mol. The minimum absolute atomic E-state index is 0.0160. The van der Waals surface area contributed by atoms with Crippen LogP contribution in [0, 0.1) is 3.95 Å². The molecule has 1 aromatic carbocycles. The minimum Gasteiger partial charge on any atom is -0.383 e. The lowest BCUT2D eigenvalue weighted by Gasteiger charge is -2.26. The van der Waals surface area contributed by atoms with E-state index in [9.17, 15) is 4.79 Å². The number of benzene rings is 1. The molecule has 23 heavy (non-hydrogen) atoms. The van der Waals surface area contributed by atoms with Gasteiger partial charge >= 0.3 is 0 Å². The lowest BCUT2D eigenvalue weighted by Crippen LogP contribution is -2.35. The van der Waals surface area contributed by atoms with Crippen molar-refractivity contribution in [1.29, 1.82) is 0 Å². The third-order valence-electron chi connectivity index (χ3n) is 4.29. The van der Waals surface area contributed by atoms with Crippen LogP contribution in [-0.4, -0.2) is 28.5 Å². The molecule has 0 saturated carbocycles. The summed E-state index contributed by atoms with van der Waals surface area (Å²) in [7, 11) is 0. The molecule has 0 atom stereocenters. The van der Waals surface area contributed by atoms with Crippen LogP contribution in [0.15, 0.2) is 24.3 Å². The summed E-state index contributed by atoms with van der Waals surface area (Å²) in [5.41, 5.74) is 8.45. The van der Waals surface area contributed by atoms with Crippen LogP contribution in [0.1, 0.15) is 41.4 Å².